The Bertz CT molecular complexity index is 919. The predicted molar refractivity (Wildman–Crippen MR) is 96.9 cm³/mol. The van der Waals surface area contributed by atoms with Gasteiger partial charge in [-0.15, -0.1) is 12.4 Å². The Labute approximate surface area is 146 Å². The van der Waals surface area contributed by atoms with E-state index in [1.54, 1.807) is 4.40 Å². The molecule has 24 heavy (non-hydrogen) atoms. The van der Waals surface area contributed by atoms with E-state index in [1.165, 1.54) is 11.1 Å². The Morgan fingerprint density at radius 1 is 1.17 bits per heavy atom. The lowest BCUT2D eigenvalue weighted by atomic mass is 9.99. The van der Waals surface area contributed by atoms with Gasteiger partial charge < -0.3 is 10.6 Å². The molecule has 0 spiro atoms. The quantitative estimate of drug-likeness (QED) is 0.778. The van der Waals surface area contributed by atoms with Crippen LogP contribution in [0.25, 0.3) is 5.65 Å². The highest BCUT2D eigenvalue weighted by Crippen LogP contribution is 2.28. The lowest BCUT2D eigenvalue weighted by Crippen LogP contribution is -2.30. The van der Waals surface area contributed by atoms with Crippen LogP contribution >= 0.6 is 12.4 Å². The Hall–Kier alpha value is -2.53. The van der Waals surface area contributed by atoms with Gasteiger partial charge in [-0.3, -0.25) is 9.20 Å². The topological polar surface area (TPSA) is 63.6 Å². The van der Waals surface area contributed by atoms with Gasteiger partial charge in [0.1, 0.15) is 5.69 Å². The van der Waals surface area contributed by atoms with Crippen LogP contribution in [0, 0.1) is 6.92 Å². The fraction of sp³-hybridized carbons (Fsp3) is 0.222. The number of hydrogen-bond acceptors (Lipinski definition) is 3. The van der Waals surface area contributed by atoms with Crippen LogP contribution < -0.4 is 10.6 Å². The number of amides is 1. The molecule has 6 heteroatoms. The molecule has 3 heterocycles. The zero-order valence-electron chi connectivity index (χ0n) is 13.4. The molecule has 5 nitrogen and oxygen atoms in total. The van der Waals surface area contributed by atoms with Gasteiger partial charge >= 0.3 is 0 Å². The van der Waals surface area contributed by atoms with Crippen LogP contribution in [0.5, 0.6) is 0 Å². The molecule has 0 saturated heterocycles. The molecule has 1 aliphatic heterocycles. The van der Waals surface area contributed by atoms with E-state index >= 15 is 0 Å². The fourth-order valence-electron chi connectivity index (χ4n) is 3.41. The van der Waals surface area contributed by atoms with Gasteiger partial charge in [-0.1, -0.05) is 24.3 Å². The summed E-state index contributed by atoms with van der Waals surface area (Å²) in [5, 5.41) is 0. The normalized spacial score (nSPS) is 13.5. The van der Waals surface area contributed by atoms with Crippen molar-refractivity contribution in [3.63, 3.8) is 0 Å². The van der Waals surface area contributed by atoms with E-state index in [0.29, 0.717) is 11.4 Å². The number of imidazole rings is 1. The van der Waals surface area contributed by atoms with Gasteiger partial charge in [0.2, 0.25) is 0 Å². The molecule has 1 aliphatic rings. The lowest BCUT2D eigenvalue weighted by molar-refractivity contribution is 0.0994. The standard InChI is InChI=1S/C18H18N4O.ClH/c1-12-16(17(19)23)22-9-4-7-15(18(22)20-12)21-10-8-13-5-2-3-6-14(13)11-21;/h2-7,9H,8,10-11H2,1H3,(H2,19,23);1H. The summed E-state index contributed by atoms with van der Waals surface area (Å²) in [5.74, 6) is -0.448. The van der Waals surface area contributed by atoms with Crippen molar-refractivity contribution in [1.82, 2.24) is 9.38 Å². The van der Waals surface area contributed by atoms with Gasteiger partial charge in [-0.25, -0.2) is 4.98 Å². The summed E-state index contributed by atoms with van der Waals surface area (Å²) in [6.07, 6.45) is 2.86. The SMILES string of the molecule is Cc1nc2c(N3CCc4ccccc4C3)cccn2c1C(N)=O.Cl. The number of rotatable bonds is 2. The number of primary amides is 1. The molecule has 1 aromatic carbocycles. The molecule has 0 saturated carbocycles. The fourth-order valence-corrected chi connectivity index (χ4v) is 3.41. The first-order valence-corrected chi connectivity index (χ1v) is 7.74. The highest BCUT2D eigenvalue weighted by Gasteiger charge is 2.21. The summed E-state index contributed by atoms with van der Waals surface area (Å²) >= 11 is 0. The molecular formula is C18H19ClN4O. The molecule has 0 bridgehead atoms. The maximum atomic E-state index is 11.7. The van der Waals surface area contributed by atoms with Crippen LogP contribution in [0.15, 0.2) is 42.6 Å². The Balaban J connectivity index is 0.00000169. The third-order valence-corrected chi connectivity index (χ3v) is 4.51. The van der Waals surface area contributed by atoms with Gasteiger partial charge in [0, 0.05) is 19.3 Å². The summed E-state index contributed by atoms with van der Waals surface area (Å²) in [5.41, 5.74) is 11.2. The second-order valence-electron chi connectivity index (χ2n) is 5.94. The number of fused-ring (bicyclic) bond motifs is 2. The minimum absolute atomic E-state index is 0. The number of anilines is 1. The number of carbonyl (C=O) groups is 1. The molecule has 2 aromatic heterocycles. The highest BCUT2D eigenvalue weighted by atomic mass is 35.5. The lowest BCUT2D eigenvalue weighted by Gasteiger charge is -2.30. The van der Waals surface area contributed by atoms with Crippen molar-refractivity contribution in [3.8, 4) is 0 Å². The van der Waals surface area contributed by atoms with Crippen molar-refractivity contribution in [2.45, 2.75) is 19.9 Å². The van der Waals surface area contributed by atoms with Gasteiger partial charge in [0.25, 0.3) is 5.91 Å². The van der Waals surface area contributed by atoms with E-state index in [-0.39, 0.29) is 12.4 Å². The first kappa shape index (κ1) is 16.3. The molecule has 3 aromatic rings. The maximum absolute atomic E-state index is 11.7. The molecule has 124 valence electrons. The van der Waals surface area contributed by atoms with E-state index in [2.05, 4.69) is 40.2 Å². The maximum Gasteiger partial charge on any atom is 0.267 e. The smallest absolute Gasteiger partial charge is 0.267 e. The molecule has 0 fully saturated rings. The third-order valence-electron chi connectivity index (χ3n) is 4.51. The van der Waals surface area contributed by atoms with Crippen molar-refractivity contribution in [1.29, 1.82) is 0 Å². The minimum atomic E-state index is -0.448. The first-order chi connectivity index (χ1) is 11.1. The van der Waals surface area contributed by atoms with Crippen LogP contribution in [0.4, 0.5) is 5.69 Å². The number of aromatic nitrogens is 2. The van der Waals surface area contributed by atoms with Crippen LogP contribution in [-0.2, 0) is 13.0 Å². The number of aryl methyl sites for hydroxylation is 1. The zero-order chi connectivity index (χ0) is 16.0. The molecular weight excluding hydrogens is 324 g/mol. The molecule has 0 atom stereocenters. The van der Waals surface area contributed by atoms with Crippen LogP contribution in [-0.4, -0.2) is 21.8 Å². The van der Waals surface area contributed by atoms with Gasteiger partial charge in [0.15, 0.2) is 5.65 Å². The molecule has 4 rings (SSSR count). The summed E-state index contributed by atoms with van der Waals surface area (Å²) in [6.45, 7) is 3.62. The second-order valence-corrected chi connectivity index (χ2v) is 5.94. The number of hydrogen-bond donors (Lipinski definition) is 1. The first-order valence-electron chi connectivity index (χ1n) is 7.74. The number of nitrogens with two attached hydrogens (primary N) is 1. The molecule has 2 N–H and O–H groups in total. The van der Waals surface area contributed by atoms with Crippen molar-refractivity contribution in [2.75, 3.05) is 11.4 Å². The van der Waals surface area contributed by atoms with Crippen LogP contribution in [0.1, 0.15) is 27.3 Å². The molecule has 0 radical (unpaired) electrons. The summed E-state index contributed by atoms with van der Waals surface area (Å²) in [4.78, 5) is 18.6. The minimum Gasteiger partial charge on any atom is -0.364 e. The van der Waals surface area contributed by atoms with E-state index in [4.69, 9.17) is 5.73 Å². The second kappa shape index (κ2) is 6.17. The van der Waals surface area contributed by atoms with Crippen molar-refractivity contribution in [3.05, 3.63) is 65.1 Å². The van der Waals surface area contributed by atoms with Crippen LogP contribution in [0.2, 0.25) is 0 Å². The highest BCUT2D eigenvalue weighted by molar-refractivity contribution is 5.94. The Kier molecular flexibility index (Phi) is 4.20. The molecule has 0 unspecified atom stereocenters. The molecule has 1 amide bonds. The summed E-state index contributed by atoms with van der Waals surface area (Å²) in [6, 6.07) is 12.5. The van der Waals surface area contributed by atoms with E-state index in [1.807, 2.05) is 19.2 Å². The van der Waals surface area contributed by atoms with Gasteiger partial charge in [-0.05, 0) is 36.6 Å². The van der Waals surface area contributed by atoms with E-state index in [0.717, 1.165) is 30.8 Å². The van der Waals surface area contributed by atoms with Gasteiger partial charge in [-0.2, -0.15) is 0 Å². The number of halogens is 1. The summed E-state index contributed by atoms with van der Waals surface area (Å²) in [7, 11) is 0. The van der Waals surface area contributed by atoms with E-state index in [9.17, 15) is 4.79 Å². The van der Waals surface area contributed by atoms with Crippen LogP contribution in [0.3, 0.4) is 0 Å². The molecule has 0 aliphatic carbocycles. The third kappa shape index (κ3) is 2.51. The number of nitrogens with zero attached hydrogens (tertiary/aromatic N) is 3. The number of benzene rings is 1. The predicted octanol–water partition coefficient (Wildman–Crippen LogP) is 2.73. The zero-order valence-corrected chi connectivity index (χ0v) is 14.2. The summed E-state index contributed by atoms with van der Waals surface area (Å²) < 4.78 is 1.80. The average Bonchev–Trinajstić information content (AvgIpc) is 2.90. The van der Waals surface area contributed by atoms with Crippen molar-refractivity contribution >= 4 is 29.6 Å². The number of pyridine rings is 1. The Morgan fingerprint density at radius 3 is 2.67 bits per heavy atom. The van der Waals surface area contributed by atoms with Gasteiger partial charge in [0.05, 0.1) is 11.4 Å². The average molecular weight is 343 g/mol. The largest absolute Gasteiger partial charge is 0.364 e. The van der Waals surface area contributed by atoms with Crippen molar-refractivity contribution < 1.29 is 4.79 Å². The monoisotopic (exact) mass is 342 g/mol. The Morgan fingerprint density at radius 2 is 1.92 bits per heavy atom. The van der Waals surface area contributed by atoms with Crippen molar-refractivity contribution in [2.24, 2.45) is 5.73 Å². The number of carbonyl (C=O) groups excluding carboxylic acids is 1. The van der Waals surface area contributed by atoms with E-state index < -0.39 is 5.91 Å².